The third-order valence-electron chi connectivity index (χ3n) is 4.73. The Morgan fingerprint density at radius 1 is 1.03 bits per heavy atom. The van der Waals surface area contributed by atoms with Crippen LogP contribution in [0.2, 0.25) is 5.02 Å². The van der Waals surface area contributed by atoms with Crippen LogP contribution in [0.5, 0.6) is 5.75 Å². The van der Waals surface area contributed by atoms with Gasteiger partial charge in [0.15, 0.2) is 0 Å². The first-order valence-corrected chi connectivity index (χ1v) is 12.4. The Morgan fingerprint density at radius 2 is 1.65 bits per heavy atom. The summed E-state index contributed by atoms with van der Waals surface area (Å²) in [5.41, 5.74) is 1.91. The molecule has 4 rings (SSSR count). The summed E-state index contributed by atoms with van der Waals surface area (Å²) in [5.74, 6) is 0.118. The average molecular weight is 625 g/mol. The van der Waals surface area contributed by atoms with Crippen LogP contribution in [-0.2, 0) is 11.4 Å². The van der Waals surface area contributed by atoms with Crippen LogP contribution in [0.15, 0.2) is 74.5 Å². The average Bonchev–Trinajstić information content (AvgIpc) is 3.07. The van der Waals surface area contributed by atoms with E-state index in [0.717, 1.165) is 22.2 Å². The molecule has 0 unspecified atom stereocenters. The van der Waals surface area contributed by atoms with Gasteiger partial charge in [-0.2, -0.15) is 0 Å². The van der Waals surface area contributed by atoms with E-state index in [1.54, 1.807) is 54.6 Å². The fourth-order valence-corrected chi connectivity index (χ4v) is 5.52. The van der Waals surface area contributed by atoms with Gasteiger partial charge in [0, 0.05) is 17.2 Å². The predicted octanol–water partition coefficient (Wildman–Crippen LogP) is 7.59. The third-order valence-corrected chi connectivity index (χ3v) is 7.03. The Kier molecular flexibility index (Phi) is 7.42. The van der Waals surface area contributed by atoms with Crippen molar-refractivity contribution in [1.82, 2.24) is 0 Å². The number of amides is 2. The molecule has 11 heteroatoms. The van der Waals surface area contributed by atoms with Gasteiger partial charge in [0.05, 0.1) is 24.5 Å². The zero-order valence-electron chi connectivity index (χ0n) is 17.0. The zero-order chi connectivity index (χ0) is 24.4. The maximum atomic E-state index is 12.9. The molecule has 1 saturated heterocycles. The molecule has 3 aromatic rings. The van der Waals surface area contributed by atoms with Crippen LogP contribution in [0.1, 0.15) is 11.1 Å². The fraction of sp³-hybridized carbons (Fsp3) is 0.0435. The van der Waals surface area contributed by atoms with E-state index in [1.165, 1.54) is 12.1 Å². The van der Waals surface area contributed by atoms with Crippen LogP contribution >= 0.6 is 55.2 Å². The van der Waals surface area contributed by atoms with E-state index >= 15 is 0 Å². The van der Waals surface area contributed by atoms with Crippen molar-refractivity contribution in [3.63, 3.8) is 0 Å². The highest BCUT2D eigenvalue weighted by atomic mass is 79.9. The molecule has 1 fully saturated rings. The highest BCUT2D eigenvalue weighted by molar-refractivity contribution is 9.11. The van der Waals surface area contributed by atoms with Crippen LogP contribution in [0.3, 0.4) is 0 Å². The number of imide groups is 1. The van der Waals surface area contributed by atoms with Crippen molar-refractivity contribution in [2.75, 3.05) is 4.90 Å². The molecule has 0 bridgehead atoms. The number of anilines is 1. The predicted molar refractivity (Wildman–Crippen MR) is 139 cm³/mol. The monoisotopic (exact) mass is 622 g/mol. The molecule has 0 spiro atoms. The summed E-state index contributed by atoms with van der Waals surface area (Å²) in [5, 5.41) is 10.9. The second-order valence-corrected chi connectivity index (χ2v) is 10.2. The normalized spacial score (nSPS) is 14.7. The number of thioether (sulfide) groups is 1. The molecule has 7 nitrogen and oxygen atoms in total. The number of hydrogen-bond donors (Lipinski definition) is 0. The van der Waals surface area contributed by atoms with Crippen molar-refractivity contribution in [3.8, 4) is 5.75 Å². The molecular weight excluding hydrogens is 612 g/mol. The second-order valence-electron chi connectivity index (χ2n) is 7.02. The van der Waals surface area contributed by atoms with Gasteiger partial charge in [-0.15, -0.1) is 0 Å². The number of nitro benzene ring substituents is 1. The molecule has 0 atom stereocenters. The molecule has 1 aliphatic heterocycles. The number of benzene rings is 3. The van der Waals surface area contributed by atoms with Gasteiger partial charge in [-0.25, -0.2) is 4.90 Å². The number of ether oxygens (including phenoxy) is 1. The van der Waals surface area contributed by atoms with Gasteiger partial charge in [-0.3, -0.25) is 19.7 Å². The van der Waals surface area contributed by atoms with E-state index in [9.17, 15) is 19.7 Å². The molecule has 2 amide bonds. The first kappa shape index (κ1) is 24.5. The molecule has 172 valence electrons. The molecule has 0 aromatic heterocycles. The van der Waals surface area contributed by atoms with Crippen LogP contribution < -0.4 is 9.64 Å². The molecule has 0 saturated carbocycles. The molecule has 0 N–H and O–H groups in total. The van der Waals surface area contributed by atoms with E-state index in [1.807, 2.05) is 0 Å². The Hall–Kier alpha value is -2.66. The zero-order valence-corrected chi connectivity index (χ0v) is 21.8. The lowest BCUT2D eigenvalue weighted by atomic mass is 10.2. The number of non-ortho nitro benzene ring substituents is 1. The van der Waals surface area contributed by atoms with Crippen molar-refractivity contribution in [2.45, 2.75) is 6.61 Å². The van der Waals surface area contributed by atoms with E-state index in [2.05, 4.69) is 31.9 Å². The van der Waals surface area contributed by atoms with Crippen molar-refractivity contribution in [3.05, 3.63) is 101 Å². The molecule has 0 aliphatic carbocycles. The van der Waals surface area contributed by atoms with Crippen molar-refractivity contribution in [1.29, 1.82) is 0 Å². The highest BCUT2D eigenvalue weighted by Crippen LogP contribution is 2.39. The van der Waals surface area contributed by atoms with Gasteiger partial charge < -0.3 is 4.74 Å². The maximum Gasteiger partial charge on any atom is 0.298 e. The number of rotatable bonds is 6. The lowest BCUT2D eigenvalue weighted by Crippen LogP contribution is -2.27. The smallest absolute Gasteiger partial charge is 0.298 e. The molecule has 0 radical (unpaired) electrons. The van der Waals surface area contributed by atoms with Gasteiger partial charge in [0.25, 0.3) is 16.8 Å². The largest absolute Gasteiger partial charge is 0.487 e. The van der Waals surface area contributed by atoms with Crippen LogP contribution in [0, 0.1) is 10.1 Å². The van der Waals surface area contributed by atoms with E-state index in [-0.39, 0.29) is 17.5 Å². The summed E-state index contributed by atoms with van der Waals surface area (Å²) in [6, 6.07) is 16.1. The molecule has 1 heterocycles. The Morgan fingerprint density at radius 3 is 2.24 bits per heavy atom. The van der Waals surface area contributed by atoms with E-state index in [4.69, 9.17) is 16.3 Å². The van der Waals surface area contributed by atoms with E-state index < -0.39 is 10.8 Å². The number of nitrogens with zero attached hydrogens (tertiary/aromatic N) is 2. The first-order valence-electron chi connectivity index (χ1n) is 9.61. The lowest BCUT2D eigenvalue weighted by Gasteiger charge is -2.12. The summed E-state index contributed by atoms with van der Waals surface area (Å²) >= 11 is 13.7. The summed E-state index contributed by atoms with van der Waals surface area (Å²) in [6.45, 7) is 0.203. The van der Waals surface area contributed by atoms with E-state index in [0.29, 0.717) is 35.9 Å². The number of carbonyl (C=O) groups is 2. The topological polar surface area (TPSA) is 89.7 Å². The van der Waals surface area contributed by atoms with Crippen LogP contribution in [0.4, 0.5) is 16.2 Å². The SMILES string of the molecule is O=C1S/C(=C/c2cc(Br)c(OCc3ccc([N+](=O)[O-])cc3)c(Br)c2)C(=O)N1c1ccc(Cl)cc1. The highest BCUT2D eigenvalue weighted by Gasteiger charge is 2.36. The minimum atomic E-state index is -0.458. The first-order chi connectivity index (χ1) is 16.2. The Balaban J connectivity index is 1.51. The standard InChI is InChI=1S/C23H13Br2ClN2O5S/c24-18-9-14(10-19(25)21(18)33-12-13-1-5-17(6-2-13)28(31)32)11-20-22(29)27(23(30)34-20)16-7-3-15(26)4-8-16/h1-11H,12H2/b20-11+. The van der Waals surface area contributed by atoms with Gasteiger partial charge in [-0.1, -0.05) is 11.6 Å². The number of halogens is 3. The third kappa shape index (κ3) is 5.35. The minimum Gasteiger partial charge on any atom is -0.487 e. The van der Waals surface area contributed by atoms with Gasteiger partial charge in [-0.05, 0) is 109 Å². The molecule has 34 heavy (non-hydrogen) atoms. The van der Waals surface area contributed by atoms with Crippen LogP contribution in [0.25, 0.3) is 6.08 Å². The van der Waals surface area contributed by atoms with Crippen molar-refractivity contribution >= 4 is 83.8 Å². The van der Waals surface area contributed by atoms with Crippen LogP contribution in [-0.4, -0.2) is 16.1 Å². The fourth-order valence-electron chi connectivity index (χ4n) is 3.10. The number of carbonyl (C=O) groups excluding carboxylic acids is 2. The molecule has 3 aromatic carbocycles. The number of hydrogen-bond acceptors (Lipinski definition) is 6. The van der Waals surface area contributed by atoms with Gasteiger partial charge in [0.2, 0.25) is 0 Å². The number of nitro groups is 1. The minimum absolute atomic E-state index is 0.0101. The summed E-state index contributed by atoms with van der Waals surface area (Å²) in [4.78, 5) is 37.0. The Labute approximate surface area is 220 Å². The second kappa shape index (κ2) is 10.3. The summed E-state index contributed by atoms with van der Waals surface area (Å²) in [6.07, 6.45) is 1.64. The Bertz CT molecular complexity index is 1310. The quantitative estimate of drug-likeness (QED) is 0.160. The van der Waals surface area contributed by atoms with Crippen molar-refractivity contribution < 1.29 is 19.2 Å². The molecular formula is C23H13Br2ClN2O5S. The summed E-state index contributed by atoms with van der Waals surface area (Å²) < 4.78 is 7.13. The summed E-state index contributed by atoms with van der Waals surface area (Å²) in [7, 11) is 0. The van der Waals surface area contributed by atoms with Gasteiger partial charge in [0.1, 0.15) is 12.4 Å². The maximum absolute atomic E-state index is 12.9. The lowest BCUT2D eigenvalue weighted by molar-refractivity contribution is -0.384. The van der Waals surface area contributed by atoms with Crippen molar-refractivity contribution in [2.24, 2.45) is 0 Å². The van der Waals surface area contributed by atoms with Gasteiger partial charge >= 0.3 is 0 Å². The molecule has 1 aliphatic rings.